The van der Waals surface area contributed by atoms with Gasteiger partial charge in [-0.2, -0.15) is 0 Å². The lowest BCUT2D eigenvalue weighted by Crippen LogP contribution is -2.17. The number of amides is 2. The van der Waals surface area contributed by atoms with Gasteiger partial charge in [-0.1, -0.05) is 38.1 Å². The number of methoxy groups -OCH3 is 1. The second-order valence-corrected chi connectivity index (χ2v) is 6.81. The van der Waals surface area contributed by atoms with Crippen LogP contribution in [-0.4, -0.2) is 23.9 Å². The van der Waals surface area contributed by atoms with Gasteiger partial charge in [-0.25, -0.2) is 0 Å². The standard InChI is InChI=1S/C23H23N3O3/c1-15(2)16-8-10-18(11-9-16)25-23(28)20-14-17(12-13-24-20)22(27)26-19-6-4-5-7-21(19)29-3/h4-15H,1-3H3,(H,25,28)(H,26,27). The van der Waals surface area contributed by atoms with Crippen molar-refractivity contribution in [2.75, 3.05) is 17.7 Å². The van der Waals surface area contributed by atoms with Crippen molar-refractivity contribution in [1.82, 2.24) is 4.98 Å². The second kappa shape index (κ2) is 9.01. The number of aromatic nitrogens is 1. The molecule has 3 aromatic rings. The van der Waals surface area contributed by atoms with Crippen molar-refractivity contribution in [2.45, 2.75) is 19.8 Å². The van der Waals surface area contributed by atoms with E-state index in [1.54, 1.807) is 24.3 Å². The van der Waals surface area contributed by atoms with Gasteiger partial charge in [0.1, 0.15) is 11.4 Å². The number of rotatable bonds is 6. The van der Waals surface area contributed by atoms with Gasteiger partial charge in [-0.05, 0) is 47.9 Å². The minimum absolute atomic E-state index is 0.158. The summed E-state index contributed by atoms with van der Waals surface area (Å²) in [6.45, 7) is 4.22. The van der Waals surface area contributed by atoms with E-state index >= 15 is 0 Å². The first kappa shape index (κ1) is 20.1. The Balaban J connectivity index is 1.72. The van der Waals surface area contributed by atoms with E-state index in [4.69, 9.17) is 4.74 Å². The number of para-hydroxylation sites is 2. The monoisotopic (exact) mass is 389 g/mol. The van der Waals surface area contributed by atoms with Crippen LogP contribution >= 0.6 is 0 Å². The Bertz CT molecular complexity index is 1010. The van der Waals surface area contributed by atoms with Gasteiger partial charge in [-0.3, -0.25) is 14.6 Å². The number of carbonyl (C=O) groups excluding carboxylic acids is 2. The lowest BCUT2D eigenvalue weighted by Gasteiger charge is -2.11. The highest BCUT2D eigenvalue weighted by atomic mass is 16.5. The Labute approximate surface area is 169 Å². The van der Waals surface area contributed by atoms with Crippen LogP contribution < -0.4 is 15.4 Å². The van der Waals surface area contributed by atoms with Crippen LogP contribution in [0, 0.1) is 0 Å². The highest BCUT2D eigenvalue weighted by Gasteiger charge is 2.14. The predicted molar refractivity (Wildman–Crippen MR) is 114 cm³/mol. The fraction of sp³-hybridized carbons (Fsp3) is 0.174. The summed E-state index contributed by atoms with van der Waals surface area (Å²) in [4.78, 5) is 29.2. The SMILES string of the molecule is COc1ccccc1NC(=O)c1ccnc(C(=O)Nc2ccc(C(C)C)cc2)c1. The smallest absolute Gasteiger partial charge is 0.274 e. The number of ether oxygens (including phenoxy) is 1. The Morgan fingerprint density at radius 2 is 1.66 bits per heavy atom. The minimum atomic E-state index is -0.380. The van der Waals surface area contributed by atoms with E-state index in [2.05, 4.69) is 29.5 Å². The molecule has 3 rings (SSSR count). The number of nitrogens with one attached hydrogen (secondary N) is 2. The summed E-state index contributed by atoms with van der Waals surface area (Å²) in [5.41, 5.74) is 2.89. The Kier molecular flexibility index (Phi) is 6.24. The predicted octanol–water partition coefficient (Wildman–Crippen LogP) is 4.72. The molecule has 1 heterocycles. The second-order valence-electron chi connectivity index (χ2n) is 6.81. The highest BCUT2D eigenvalue weighted by Crippen LogP contribution is 2.24. The van der Waals surface area contributed by atoms with Gasteiger partial charge in [0.15, 0.2) is 0 Å². The molecule has 0 fully saturated rings. The largest absolute Gasteiger partial charge is 0.495 e. The number of carbonyl (C=O) groups is 2. The summed E-state index contributed by atoms with van der Waals surface area (Å²) >= 11 is 0. The maximum atomic E-state index is 12.6. The summed E-state index contributed by atoms with van der Waals surface area (Å²) in [6.07, 6.45) is 1.44. The van der Waals surface area contributed by atoms with Gasteiger partial charge in [-0.15, -0.1) is 0 Å². The zero-order chi connectivity index (χ0) is 20.8. The van der Waals surface area contributed by atoms with Crippen molar-refractivity contribution in [3.05, 3.63) is 83.7 Å². The molecule has 0 bridgehead atoms. The van der Waals surface area contributed by atoms with E-state index in [-0.39, 0.29) is 17.5 Å². The number of anilines is 2. The van der Waals surface area contributed by atoms with Crippen molar-refractivity contribution < 1.29 is 14.3 Å². The Morgan fingerprint density at radius 1 is 0.931 bits per heavy atom. The van der Waals surface area contributed by atoms with Gasteiger partial charge in [0.2, 0.25) is 0 Å². The molecule has 0 unspecified atom stereocenters. The van der Waals surface area contributed by atoms with Crippen molar-refractivity contribution in [3.8, 4) is 5.75 Å². The molecule has 29 heavy (non-hydrogen) atoms. The topological polar surface area (TPSA) is 80.3 Å². The number of hydrogen-bond donors (Lipinski definition) is 2. The maximum absolute atomic E-state index is 12.6. The number of benzene rings is 2. The molecule has 6 heteroatoms. The molecule has 0 radical (unpaired) electrons. The van der Waals surface area contributed by atoms with E-state index in [1.807, 2.05) is 30.3 Å². The van der Waals surface area contributed by atoms with Crippen LogP contribution in [0.2, 0.25) is 0 Å². The molecule has 0 spiro atoms. The van der Waals surface area contributed by atoms with E-state index in [0.29, 0.717) is 28.6 Å². The van der Waals surface area contributed by atoms with Crippen molar-refractivity contribution in [3.63, 3.8) is 0 Å². The van der Waals surface area contributed by atoms with Gasteiger partial charge < -0.3 is 15.4 Å². The van der Waals surface area contributed by atoms with Crippen molar-refractivity contribution >= 4 is 23.2 Å². The zero-order valence-electron chi connectivity index (χ0n) is 16.6. The van der Waals surface area contributed by atoms with Crippen LogP contribution in [0.25, 0.3) is 0 Å². The highest BCUT2D eigenvalue weighted by molar-refractivity contribution is 6.08. The first-order valence-electron chi connectivity index (χ1n) is 9.29. The van der Waals surface area contributed by atoms with Crippen LogP contribution in [0.15, 0.2) is 66.9 Å². The van der Waals surface area contributed by atoms with E-state index in [0.717, 1.165) is 0 Å². The number of pyridine rings is 1. The molecule has 0 aliphatic rings. The quantitative estimate of drug-likeness (QED) is 0.639. The van der Waals surface area contributed by atoms with E-state index in [9.17, 15) is 9.59 Å². The third kappa shape index (κ3) is 4.99. The molecule has 0 aliphatic heterocycles. The molecule has 0 saturated carbocycles. The summed E-state index contributed by atoms with van der Waals surface area (Å²) in [6, 6.07) is 17.8. The van der Waals surface area contributed by atoms with Crippen molar-refractivity contribution in [1.29, 1.82) is 0 Å². The molecular weight excluding hydrogens is 366 g/mol. The average molecular weight is 389 g/mol. The van der Waals surface area contributed by atoms with Gasteiger partial charge in [0, 0.05) is 17.4 Å². The Morgan fingerprint density at radius 3 is 2.34 bits per heavy atom. The summed E-state index contributed by atoms with van der Waals surface area (Å²) in [5.74, 6) is 0.235. The van der Waals surface area contributed by atoms with Crippen molar-refractivity contribution in [2.24, 2.45) is 0 Å². The summed E-state index contributed by atoms with van der Waals surface area (Å²) in [7, 11) is 1.54. The molecule has 6 nitrogen and oxygen atoms in total. The van der Waals surface area contributed by atoms with Crippen LogP contribution in [-0.2, 0) is 0 Å². The fourth-order valence-electron chi connectivity index (χ4n) is 2.78. The third-order valence-electron chi connectivity index (χ3n) is 4.45. The van der Waals surface area contributed by atoms with E-state index < -0.39 is 0 Å². The molecule has 0 aliphatic carbocycles. The molecule has 0 atom stereocenters. The number of nitrogens with zero attached hydrogens (tertiary/aromatic N) is 1. The summed E-state index contributed by atoms with van der Waals surface area (Å²) in [5, 5.41) is 5.59. The average Bonchev–Trinajstić information content (AvgIpc) is 2.74. The summed E-state index contributed by atoms with van der Waals surface area (Å²) < 4.78 is 5.24. The van der Waals surface area contributed by atoms with Crippen LogP contribution in [0.4, 0.5) is 11.4 Å². The van der Waals surface area contributed by atoms with Gasteiger partial charge >= 0.3 is 0 Å². The number of hydrogen-bond acceptors (Lipinski definition) is 4. The molecule has 2 N–H and O–H groups in total. The minimum Gasteiger partial charge on any atom is -0.495 e. The third-order valence-corrected chi connectivity index (χ3v) is 4.45. The van der Waals surface area contributed by atoms with E-state index in [1.165, 1.54) is 24.9 Å². The molecule has 148 valence electrons. The molecule has 0 saturated heterocycles. The molecule has 1 aromatic heterocycles. The lowest BCUT2D eigenvalue weighted by molar-refractivity contribution is 0.102. The zero-order valence-corrected chi connectivity index (χ0v) is 16.6. The van der Waals surface area contributed by atoms with Gasteiger partial charge in [0.25, 0.3) is 11.8 Å². The normalized spacial score (nSPS) is 10.5. The first-order chi connectivity index (χ1) is 14.0. The maximum Gasteiger partial charge on any atom is 0.274 e. The van der Waals surface area contributed by atoms with Crippen LogP contribution in [0.5, 0.6) is 5.75 Å². The lowest BCUT2D eigenvalue weighted by atomic mass is 10.0. The molecule has 2 amide bonds. The molecular formula is C23H23N3O3. The first-order valence-corrected chi connectivity index (χ1v) is 9.29. The fourth-order valence-corrected chi connectivity index (χ4v) is 2.78. The molecule has 2 aromatic carbocycles. The van der Waals surface area contributed by atoms with Gasteiger partial charge in [0.05, 0.1) is 12.8 Å². The van der Waals surface area contributed by atoms with Crippen LogP contribution in [0.3, 0.4) is 0 Å². The van der Waals surface area contributed by atoms with Crippen LogP contribution in [0.1, 0.15) is 46.2 Å². The Hall–Kier alpha value is -3.67.